The lowest BCUT2D eigenvalue weighted by Gasteiger charge is -2.35. The molecule has 1 saturated carbocycles. The van der Waals surface area contributed by atoms with Crippen molar-refractivity contribution in [3.8, 4) is 0 Å². The summed E-state index contributed by atoms with van der Waals surface area (Å²) in [6.07, 6.45) is 6.53. The number of carbonyl (C=O) groups is 2. The van der Waals surface area contributed by atoms with Crippen LogP contribution in [0.2, 0.25) is 0 Å². The summed E-state index contributed by atoms with van der Waals surface area (Å²) in [5.41, 5.74) is 0. The van der Waals surface area contributed by atoms with Crippen molar-refractivity contribution in [3.05, 3.63) is 0 Å². The highest BCUT2D eigenvalue weighted by molar-refractivity contribution is 8.01. The number of anilines is 1. The smallest absolute Gasteiger partial charge is 0.233 e. The van der Waals surface area contributed by atoms with Gasteiger partial charge >= 0.3 is 0 Å². The summed E-state index contributed by atoms with van der Waals surface area (Å²) < 4.78 is 0.760. The minimum atomic E-state index is 0.0142. The van der Waals surface area contributed by atoms with Gasteiger partial charge in [-0.2, -0.15) is 0 Å². The molecule has 1 aromatic rings. The molecule has 1 saturated heterocycles. The first kappa shape index (κ1) is 17.7. The third kappa shape index (κ3) is 4.08. The lowest BCUT2D eigenvalue weighted by Crippen LogP contribution is -2.44. The van der Waals surface area contributed by atoms with Gasteiger partial charge in [0.25, 0.3) is 0 Å². The van der Waals surface area contributed by atoms with Gasteiger partial charge in [-0.15, -0.1) is 10.2 Å². The number of hydrogen-bond acceptors (Lipinski definition) is 6. The standard InChI is InChI=1S/C16H24N4O2S2/c1-3-12-6-4-5-9-19(12)14(22)10-23-16-18-17-15(24-16)20(11(2)21)13-7-8-13/h12-13H,3-10H2,1-2H3. The van der Waals surface area contributed by atoms with Gasteiger partial charge in [-0.25, -0.2) is 0 Å². The number of aromatic nitrogens is 2. The molecule has 2 aliphatic rings. The van der Waals surface area contributed by atoms with Crippen LogP contribution in [0.1, 0.15) is 52.4 Å². The van der Waals surface area contributed by atoms with E-state index in [0.717, 1.165) is 43.0 Å². The van der Waals surface area contributed by atoms with Gasteiger partial charge in [0.2, 0.25) is 16.9 Å². The van der Waals surface area contributed by atoms with E-state index in [4.69, 9.17) is 0 Å². The van der Waals surface area contributed by atoms with E-state index in [-0.39, 0.29) is 17.9 Å². The van der Waals surface area contributed by atoms with E-state index in [1.807, 2.05) is 4.90 Å². The van der Waals surface area contributed by atoms with Crippen LogP contribution in [0, 0.1) is 0 Å². The molecule has 0 spiro atoms. The maximum absolute atomic E-state index is 12.5. The van der Waals surface area contributed by atoms with E-state index in [1.165, 1.54) is 29.5 Å². The highest BCUT2D eigenvalue weighted by Gasteiger charge is 2.34. The van der Waals surface area contributed by atoms with E-state index in [1.54, 1.807) is 11.8 Å². The fraction of sp³-hybridized carbons (Fsp3) is 0.750. The normalized spacial score (nSPS) is 20.9. The second-order valence-corrected chi connectivity index (χ2v) is 8.58. The van der Waals surface area contributed by atoms with E-state index >= 15 is 0 Å². The highest BCUT2D eigenvalue weighted by atomic mass is 32.2. The number of nitrogens with zero attached hydrogens (tertiary/aromatic N) is 4. The molecule has 0 radical (unpaired) electrons. The summed E-state index contributed by atoms with van der Waals surface area (Å²) in [6, 6.07) is 0.675. The van der Waals surface area contributed by atoms with Crippen molar-refractivity contribution in [1.29, 1.82) is 0 Å². The van der Waals surface area contributed by atoms with Crippen molar-refractivity contribution < 1.29 is 9.59 Å². The molecule has 0 bridgehead atoms. The zero-order valence-corrected chi connectivity index (χ0v) is 15.9. The number of likely N-dealkylation sites (tertiary alicyclic amines) is 1. The molecule has 1 unspecified atom stereocenters. The molecule has 6 nitrogen and oxygen atoms in total. The van der Waals surface area contributed by atoms with E-state index in [2.05, 4.69) is 17.1 Å². The van der Waals surface area contributed by atoms with Crippen molar-refractivity contribution in [2.75, 3.05) is 17.2 Å². The van der Waals surface area contributed by atoms with Crippen molar-refractivity contribution in [2.24, 2.45) is 0 Å². The largest absolute Gasteiger partial charge is 0.339 e. The topological polar surface area (TPSA) is 66.4 Å². The van der Waals surface area contributed by atoms with Crippen LogP contribution in [0.5, 0.6) is 0 Å². The van der Waals surface area contributed by atoms with Crippen LogP contribution in [0.15, 0.2) is 4.34 Å². The summed E-state index contributed by atoms with van der Waals surface area (Å²) in [4.78, 5) is 28.0. The first-order valence-corrected chi connectivity index (χ1v) is 10.5. The van der Waals surface area contributed by atoms with E-state index in [0.29, 0.717) is 16.9 Å². The van der Waals surface area contributed by atoms with Crippen LogP contribution >= 0.6 is 23.1 Å². The molecule has 2 amide bonds. The fourth-order valence-electron chi connectivity index (χ4n) is 3.20. The van der Waals surface area contributed by atoms with Crippen LogP contribution in [0.25, 0.3) is 0 Å². The predicted octanol–water partition coefficient (Wildman–Crippen LogP) is 2.94. The maximum Gasteiger partial charge on any atom is 0.233 e. The summed E-state index contributed by atoms with van der Waals surface area (Å²) in [5.74, 6) is 0.601. The number of carbonyl (C=O) groups excluding carboxylic acids is 2. The van der Waals surface area contributed by atoms with E-state index < -0.39 is 0 Å². The van der Waals surface area contributed by atoms with Gasteiger partial charge in [0, 0.05) is 25.6 Å². The molecule has 2 fully saturated rings. The van der Waals surface area contributed by atoms with Crippen LogP contribution in [0.3, 0.4) is 0 Å². The molecule has 1 atom stereocenters. The second-order valence-electron chi connectivity index (χ2n) is 6.40. The molecule has 132 valence electrons. The molecule has 8 heteroatoms. The summed E-state index contributed by atoms with van der Waals surface area (Å²) in [7, 11) is 0. The first-order chi connectivity index (χ1) is 11.6. The minimum Gasteiger partial charge on any atom is -0.339 e. The van der Waals surface area contributed by atoms with E-state index in [9.17, 15) is 9.59 Å². The monoisotopic (exact) mass is 368 g/mol. The molecule has 0 N–H and O–H groups in total. The zero-order valence-electron chi connectivity index (χ0n) is 14.2. The van der Waals surface area contributed by atoms with Gasteiger partial charge in [0.1, 0.15) is 0 Å². The first-order valence-electron chi connectivity index (χ1n) is 8.65. The Morgan fingerprint density at radius 2 is 2.08 bits per heavy atom. The Bertz CT molecular complexity index is 603. The lowest BCUT2D eigenvalue weighted by atomic mass is 10.0. The average Bonchev–Trinajstić information content (AvgIpc) is 3.30. The fourth-order valence-corrected chi connectivity index (χ4v) is 5.04. The Labute approximate surface area is 151 Å². The Morgan fingerprint density at radius 1 is 1.29 bits per heavy atom. The van der Waals surface area contributed by atoms with Gasteiger partial charge in [-0.05, 0) is 38.5 Å². The summed E-state index contributed by atoms with van der Waals surface area (Å²) >= 11 is 2.84. The minimum absolute atomic E-state index is 0.0142. The Balaban J connectivity index is 1.57. The number of thioether (sulfide) groups is 1. The van der Waals surface area contributed by atoms with Crippen LogP contribution < -0.4 is 4.90 Å². The molecule has 3 rings (SSSR count). The van der Waals surface area contributed by atoms with Crippen molar-refractivity contribution >= 4 is 40.0 Å². The molecule has 0 aromatic carbocycles. The maximum atomic E-state index is 12.5. The number of amides is 2. The molecule has 1 aromatic heterocycles. The van der Waals surface area contributed by atoms with Crippen molar-refractivity contribution in [1.82, 2.24) is 15.1 Å². The quantitative estimate of drug-likeness (QED) is 0.570. The van der Waals surface area contributed by atoms with Gasteiger partial charge < -0.3 is 4.90 Å². The lowest BCUT2D eigenvalue weighted by molar-refractivity contribution is -0.132. The number of rotatable bonds is 6. The molecular formula is C16H24N4O2S2. The third-order valence-corrected chi connectivity index (χ3v) is 6.63. The van der Waals surface area contributed by atoms with Gasteiger partial charge in [0.15, 0.2) is 4.34 Å². The van der Waals surface area contributed by atoms with Gasteiger partial charge in [0.05, 0.1) is 5.75 Å². The predicted molar refractivity (Wildman–Crippen MR) is 96.5 cm³/mol. The highest BCUT2D eigenvalue weighted by Crippen LogP contribution is 2.35. The molecular weight excluding hydrogens is 344 g/mol. The molecule has 2 heterocycles. The van der Waals surface area contributed by atoms with Crippen molar-refractivity contribution in [2.45, 2.75) is 68.8 Å². The summed E-state index contributed by atoms with van der Waals surface area (Å²) in [6.45, 7) is 4.59. The number of piperidine rings is 1. The third-order valence-electron chi connectivity index (χ3n) is 4.59. The van der Waals surface area contributed by atoms with Gasteiger partial charge in [-0.1, -0.05) is 30.0 Å². The average molecular weight is 369 g/mol. The molecule has 1 aliphatic carbocycles. The van der Waals surface area contributed by atoms with Crippen molar-refractivity contribution in [3.63, 3.8) is 0 Å². The number of hydrogen-bond donors (Lipinski definition) is 0. The van der Waals surface area contributed by atoms with Crippen LogP contribution in [-0.2, 0) is 9.59 Å². The summed E-state index contributed by atoms with van der Waals surface area (Å²) in [5, 5.41) is 8.96. The van der Waals surface area contributed by atoms with Gasteiger partial charge in [-0.3, -0.25) is 14.5 Å². The van der Waals surface area contributed by atoms with Crippen LogP contribution in [-0.4, -0.2) is 51.3 Å². The Kier molecular flexibility index (Phi) is 5.76. The van der Waals surface area contributed by atoms with Crippen LogP contribution in [0.4, 0.5) is 5.13 Å². The molecule has 24 heavy (non-hydrogen) atoms. The molecule has 1 aliphatic heterocycles. The second kappa shape index (κ2) is 7.82. The SMILES string of the molecule is CCC1CCCCN1C(=O)CSc1nnc(N(C(C)=O)C2CC2)s1. The zero-order chi connectivity index (χ0) is 17.1. The Hall–Kier alpha value is -1.15. The Morgan fingerprint density at radius 3 is 2.75 bits per heavy atom.